The maximum Gasteiger partial charge on any atom is 0.339 e. The summed E-state index contributed by atoms with van der Waals surface area (Å²) in [5, 5.41) is 38.0. The Morgan fingerprint density at radius 1 is 1.00 bits per heavy atom. The third-order valence-electron chi connectivity index (χ3n) is 4.69. The van der Waals surface area contributed by atoms with Gasteiger partial charge in [0.2, 0.25) is 0 Å². The molecule has 0 bridgehead atoms. The minimum Gasteiger partial charge on any atom is -0.507 e. The van der Waals surface area contributed by atoms with Gasteiger partial charge in [-0.3, -0.25) is 0 Å². The van der Waals surface area contributed by atoms with Gasteiger partial charge in [0.1, 0.15) is 17.1 Å². The number of hydrogen-bond donors (Lipinski definition) is 4. The minimum absolute atomic E-state index is 0.127. The van der Waals surface area contributed by atoms with Gasteiger partial charge in [-0.1, -0.05) is 26.2 Å². The van der Waals surface area contributed by atoms with Crippen LogP contribution in [0.15, 0.2) is 24.3 Å². The Kier molecular flexibility index (Phi) is 8.12. The number of aryl methyl sites for hydroxylation is 1. The molecule has 0 spiro atoms. The third-order valence-corrected chi connectivity index (χ3v) is 4.69. The molecule has 0 radical (unpaired) electrons. The molecule has 4 N–H and O–H groups in total. The lowest BCUT2D eigenvalue weighted by atomic mass is 10.0. The average molecular weight is 406 g/mol. The highest BCUT2D eigenvalue weighted by atomic mass is 19.1. The first-order valence-corrected chi connectivity index (χ1v) is 9.76. The number of phenols is 3. The molecule has 158 valence electrons. The van der Waals surface area contributed by atoms with Gasteiger partial charge in [0.05, 0.1) is 6.61 Å². The summed E-state index contributed by atoms with van der Waals surface area (Å²) in [5.41, 5.74) is 1.02. The fourth-order valence-electron chi connectivity index (χ4n) is 3.17. The summed E-state index contributed by atoms with van der Waals surface area (Å²) in [5.74, 6) is -2.91. The Morgan fingerprint density at radius 2 is 1.72 bits per heavy atom. The van der Waals surface area contributed by atoms with E-state index in [4.69, 9.17) is 9.84 Å². The molecule has 0 fully saturated rings. The van der Waals surface area contributed by atoms with Crippen LogP contribution in [-0.2, 0) is 12.8 Å². The lowest BCUT2D eigenvalue weighted by molar-refractivity contribution is 0.0693. The van der Waals surface area contributed by atoms with Crippen LogP contribution >= 0.6 is 0 Å². The predicted octanol–water partition coefficient (Wildman–Crippen LogP) is 4.78. The van der Waals surface area contributed by atoms with Crippen LogP contribution in [0.1, 0.15) is 60.5 Å². The van der Waals surface area contributed by atoms with Gasteiger partial charge >= 0.3 is 5.97 Å². The SMILES string of the molecule is CCCc1c(OCCCCCCc2cc(O)c(O)c(F)c2)ccc(C(=O)O)c1O. The van der Waals surface area contributed by atoms with Crippen LogP contribution in [0.3, 0.4) is 0 Å². The second-order valence-electron chi connectivity index (χ2n) is 6.95. The molecule has 0 aliphatic rings. The number of aromatic hydroxyl groups is 3. The van der Waals surface area contributed by atoms with Gasteiger partial charge in [-0.25, -0.2) is 9.18 Å². The van der Waals surface area contributed by atoms with Crippen LogP contribution in [0.2, 0.25) is 0 Å². The van der Waals surface area contributed by atoms with Gasteiger partial charge in [0, 0.05) is 5.56 Å². The molecule has 0 saturated carbocycles. The molecular weight excluding hydrogens is 379 g/mol. The molecule has 0 amide bonds. The van der Waals surface area contributed by atoms with E-state index in [1.165, 1.54) is 18.2 Å². The third kappa shape index (κ3) is 6.01. The Morgan fingerprint density at radius 3 is 2.38 bits per heavy atom. The van der Waals surface area contributed by atoms with Crippen molar-refractivity contribution >= 4 is 5.97 Å². The topological polar surface area (TPSA) is 107 Å². The zero-order valence-corrected chi connectivity index (χ0v) is 16.4. The average Bonchev–Trinajstić information content (AvgIpc) is 2.67. The molecule has 0 atom stereocenters. The van der Waals surface area contributed by atoms with Crippen molar-refractivity contribution in [3.63, 3.8) is 0 Å². The van der Waals surface area contributed by atoms with Crippen molar-refractivity contribution in [2.24, 2.45) is 0 Å². The molecule has 0 aromatic heterocycles. The normalized spacial score (nSPS) is 10.8. The standard InChI is InChI=1S/C22H27FO6/c1-2-7-15-19(10-9-16(20(15)25)22(27)28)29-11-6-4-3-5-8-14-12-17(23)21(26)18(24)13-14/h9-10,12-13,24-26H,2-8,11H2,1H3,(H,27,28). The van der Waals surface area contributed by atoms with E-state index >= 15 is 0 Å². The van der Waals surface area contributed by atoms with Crippen LogP contribution in [0.4, 0.5) is 4.39 Å². The largest absolute Gasteiger partial charge is 0.507 e. The molecule has 2 aromatic rings. The van der Waals surface area contributed by atoms with Gasteiger partial charge in [-0.15, -0.1) is 0 Å². The van der Waals surface area contributed by atoms with Crippen LogP contribution in [0, 0.1) is 5.82 Å². The van der Waals surface area contributed by atoms with E-state index in [9.17, 15) is 24.5 Å². The number of carbonyl (C=O) groups is 1. The van der Waals surface area contributed by atoms with Gasteiger partial charge in [0.15, 0.2) is 17.3 Å². The molecule has 0 heterocycles. The minimum atomic E-state index is -1.17. The first-order valence-electron chi connectivity index (χ1n) is 9.76. The van der Waals surface area contributed by atoms with Gasteiger partial charge in [0.25, 0.3) is 0 Å². The fourth-order valence-corrected chi connectivity index (χ4v) is 3.17. The molecule has 2 rings (SSSR count). The number of carboxylic acids is 1. The summed E-state index contributed by atoms with van der Waals surface area (Å²) >= 11 is 0. The summed E-state index contributed by atoms with van der Waals surface area (Å²) < 4.78 is 19.1. The van der Waals surface area contributed by atoms with Gasteiger partial charge < -0.3 is 25.2 Å². The van der Waals surface area contributed by atoms with Crippen molar-refractivity contribution in [2.45, 2.75) is 51.9 Å². The number of aromatic carboxylic acids is 1. The number of phenolic OH excluding ortho intramolecular Hbond substituents is 2. The molecule has 0 saturated heterocycles. The molecule has 0 aliphatic carbocycles. The van der Waals surface area contributed by atoms with Gasteiger partial charge in [-0.2, -0.15) is 0 Å². The molecule has 0 aliphatic heterocycles. The van der Waals surface area contributed by atoms with E-state index in [2.05, 4.69) is 0 Å². The number of benzene rings is 2. The Labute approximate surface area is 169 Å². The highest BCUT2D eigenvalue weighted by molar-refractivity contribution is 5.91. The highest BCUT2D eigenvalue weighted by Crippen LogP contribution is 2.33. The lowest BCUT2D eigenvalue weighted by Crippen LogP contribution is -2.04. The summed E-state index contributed by atoms with van der Waals surface area (Å²) in [6.45, 7) is 2.38. The van der Waals surface area contributed by atoms with Crippen LogP contribution < -0.4 is 4.74 Å². The molecule has 29 heavy (non-hydrogen) atoms. The van der Waals surface area contributed by atoms with Crippen LogP contribution in [0.25, 0.3) is 0 Å². The molecular formula is C22H27FO6. The predicted molar refractivity (Wildman–Crippen MR) is 106 cm³/mol. The summed E-state index contributed by atoms with van der Waals surface area (Å²) in [7, 11) is 0. The highest BCUT2D eigenvalue weighted by Gasteiger charge is 2.17. The summed E-state index contributed by atoms with van der Waals surface area (Å²) in [6, 6.07) is 5.52. The smallest absolute Gasteiger partial charge is 0.339 e. The van der Waals surface area contributed by atoms with E-state index < -0.39 is 23.3 Å². The quantitative estimate of drug-likeness (QED) is 0.316. The van der Waals surface area contributed by atoms with Crippen molar-refractivity contribution in [3.05, 3.63) is 46.8 Å². The maximum absolute atomic E-state index is 13.4. The molecule has 2 aromatic carbocycles. The molecule has 6 nitrogen and oxygen atoms in total. The first-order chi connectivity index (χ1) is 13.8. The monoisotopic (exact) mass is 406 g/mol. The van der Waals surface area contributed by atoms with Crippen LogP contribution in [0.5, 0.6) is 23.0 Å². The van der Waals surface area contributed by atoms with E-state index in [1.807, 2.05) is 6.92 Å². The second-order valence-corrected chi connectivity index (χ2v) is 6.95. The number of ether oxygens (including phenoxy) is 1. The number of rotatable bonds is 11. The van der Waals surface area contributed by atoms with Crippen molar-refractivity contribution in [1.29, 1.82) is 0 Å². The fraction of sp³-hybridized carbons (Fsp3) is 0.409. The zero-order chi connectivity index (χ0) is 21.4. The number of unbranched alkanes of at least 4 members (excludes halogenated alkanes) is 3. The van der Waals surface area contributed by atoms with Gasteiger partial charge in [-0.05, 0) is 55.5 Å². The van der Waals surface area contributed by atoms with E-state index in [-0.39, 0.29) is 11.3 Å². The zero-order valence-electron chi connectivity index (χ0n) is 16.4. The second kappa shape index (κ2) is 10.5. The van der Waals surface area contributed by atoms with Crippen LogP contribution in [-0.4, -0.2) is 33.0 Å². The molecule has 0 unspecified atom stereocenters. The van der Waals surface area contributed by atoms with Crippen molar-refractivity contribution in [3.8, 4) is 23.0 Å². The van der Waals surface area contributed by atoms with Crippen molar-refractivity contribution in [1.82, 2.24) is 0 Å². The maximum atomic E-state index is 13.4. The summed E-state index contributed by atoms with van der Waals surface area (Å²) in [6.07, 6.45) is 5.23. The first kappa shape index (κ1) is 22.3. The van der Waals surface area contributed by atoms with E-state index in [0.717, 1.165) is 32.1 Å². The number of halogens is 1. The van der Waals surface area contributed by atoms with E-state index in [0.29, 0.717) is 36.3 Å². The van der Waals surface area contributed by atoms with E-state index in [1.54, 1.807) is 6.07 Å². The Hall–Kier alpha value is -2.96. The Bertz CT molecular complexity index is 826. The molecule has 7 heteroatoms. The number of hydrogen-bond acceptors (Lipinski definition) is 5. The van der Waals surface area contributed by atoms with Crippen molar-refractivity contribution < 1.29 is 34.3 Å². The lowest BCUT2D eigenvalue weighted by Gasteiger charge is -2.14. The Balaban J connectivity index is 1.78. The number of carboxylic acid groups (broad SMARTS) is 1. The summed E-state index contributed by atoms with van der Waals surface area (Å²) in [4.78, 5) is 11.2. The van der Waals surface area contributed by atoms with Crippen molar-refractivity contribution in [2.75, 3.05) is 6.61 Å².